The number of carbonyl (C=O) groups excluding carboxylic acids is 2. The first-order chi connectivity index (χ1) is 8.43. The first-order valence-corrected chi connectivity index (χ1v) is 5.05. The Kier molecular flexibility index (Phi) is 4.36. The normalized spacial score (nSPS) is 9.67. The summed E-state index contributed by atoms with van der Waals surface area (Å²) in [6, 6.07) is 4.02. The molecule has 1 N–H and O–H groups in total. The zero-order chi connectivity index (χ0) is 13.7. The van der Waals surface area contributed by atoms with Gasteiger partial charge in [0.2, 0.25) is 5.91 Å². The number of hydrogen-bond donors (Lipinski definition) is 1. The van der Waals surface area contributed by atoms with Crippen molar-refractivity contribution in [3.05, 3.63) is 28.3 Å². The third-order valence-electron chi connectivity index (χ3n) is 2.07. The number of Topliss-reactive ketones (excluding diaryl/α,β-unsaturated/α-hetero) is 1. The van der Waals surface area contributed by atoms with E-state index in [-0.39, 0.29) is 29.3 Å². The Hall–Kier alpha value is -2.44. The molecule has 96 valence electrons. The average molecular weight is 252 g/mol. The van der Waals surface area contributed by atoms with Crippen molar-refractivity contribution < 1.29 is 19.2 Å². The summed E-state index contributed by atoms with van der Waals surface area (Å²) in [5, 5.41) is 13.2. The fraction of sp³-hybridized carbons (Fsp3) is 0.273. The second-order valence-corrected chi connectivity index (χ2v) is 3.57. The van der Waals surface area contributed by atoms with Crippen LogP contribution < -0.4 is 10.1 Å². The summed E-state index contributed by atoms with van der Waals surface area (Å²) in [4.78, 5) is 32.2. The lowest BCUT2D eigenvalue weighted by atomic mass is 10.2. The monoisotopic (exact) mass is 252 g/mol. The van der Waals surface area contributed by atoms with Gasteiger partial charge in [0.1, 0.15) is 5.78 Å². The summed E-state index contributed by atoms with van der Waals surface area (Å²) in [7, 11) is 1.32. The number of amides is 1. The first kappa shape index (κ1) is 13.6. The molecule has 0 atom stereocenters. The third-order valence-corrected chi connectivity index (χ3v) is 2.07. The van der Waals surface area contributed by atoms with E-state index >= 15 is 0 Å². The van der Waals surface area contributed by atoms with Crippen molar-refractivity contribution in [2.24, 2.45) is 0 Å². The minimum Gasteiger partial charge on any atom is -0.490 e. The van der Waals surface area contributed by atoms with E-state index in [0.29, 0.717) is 0 Å². The summed E-state index contributed by atoms with van der Waals surface area (Å²) in [5.41, 5.74) is -0.00752. The Bertz CT molecular complexity index is 498. The smallest absolute Gasteiger partial charge is 0.312 e. The van der Waals surface area contributed by atoms with Crippen LogP contribution in [-0.4, -0.2) is 23.7 Å². The molecule has 0 aliphatic carbocycles. The van der Waals surface area contributed by atoms with Gasteiger partial charge in [-0.2, -0.15) is 0 Å². The number of hydrogen-bond acceptors (Lipinski definition) is 5. The van der Waals surface area contributed by atoms with Gasteiger partial charge in [-0.25, -0.2) is 0 Å². The molecule has 0 bridgehead atoms. The molecule has 0 spiro atoms. The predicted molar refractivity (Wildman–Crippen MR) is 63.6 cm³/mol. The van der Waals surface area contributed by atoms with E-state index in [0.717, 1.165) is 0 Å². The third kappa shape index (κ3) is 3.55. The Morgan fingerprint density at radius 1 is 1.44 bits per heavy atom. The molecule has 7 nitrogen and oxygen atoms in total. The molecule has 7 heteroatoms. The van der Waals surface area contributed by atoms with Gasteiger partial charge in [-0.3, -0.25) is 19.7 Å². The fourth-order valence-corrected chi connectivity index (χ4v) is 1.34. The maximum absolute atomic E-state index is 11.3. The van der Waals surface area contributed by atoms with Gasteiger partial charge in [0.15, 0.2) is 5.75 Å². The molecule has 18 heavy (non-hydrogen) atoms. The number of nitro benzene ring substituents is 1. The molecule has 0 fully saturated rings. The highest BCUT2D eigenvalue weighted by atomic mass is 16.6. The van der Waals surface area contributed by atoms with Crippen LogP contribution in [-0.2, 0) is 9.59 Å². The van der Waals surface area contributed by atoms with E-state index < -0.39 is 10.8 Å². The highest BCUT2D eigenvalue weighted by Gasteiger charge is 2.16. The van der Waals surface area contributed by atoms with E-state index in [9.17, 15) is 19.7 Å². The van der Waals surface area contributed by atoms with Crippen molar-refractivity contribution in [1.82, 2.24) is 0 Å². The minimum absolute atomic E-state index is 0.101. The molecule has 0 aliphatic heterocycles. The summed E-state index contributed by atoms with van der Waals surface area (Å²) in [6.45, 7) is 1.29. The maximum Gasteiger partial charge on any atom is 0.312 e. The van der Waals surface area contributed by atoms with Gasteiger partial charge in [0, 0.05) is 11.8 Å². The van der Waals surface area contributed by atoms with Gasteiger partial charge in [-0.15, -0.1) is 0 Å². The van der Waals surface area contributed by atoms with Crippen LogP contribution >= 0.6 is 0 Å². The number of ether oxygens (including phenoxy) is 1. The standard InChI is InChI=1S/C11H12N2O5/c1-7(14)5-11(15)12-8-3-4-10(18-2)9(6-8)13(16)17/h3-4,6H,5H2,1-2H3,(H,12,15). The van der Waals surface area contributed by atoms with Gasteiger partial charge < -0.3 is 10.1 Å². The fourth-order valence-electron chi connectivity index (χ4n) is 1.34. The summed E-state index contributed by atoms with van der Waals surface area (Å²) < 4.78 is 4.82. The van der Waals surface area contributed by atoms with E-state index in [2.05, 4.69) is 5.32 Å². The SMILES string of the molecule is COc1ccc(NC(=O)CC(C)=O)cc1[N+](=O)[O-]. The van der Waals surface area contributed by atoms with E-state index in [1.54, 1.807) is 0 Å². The number of carbonyl (C=O) groups is 2. The van der Waals surface area contributed by atoms with Crippen LogP contribution in [0.3, 0.4) is 0 Å². The number of nitrogens with zero attached hydrogens (tertiary/aromatic N) is 1. The van der Waals surface area contributed by atoms with Crippen molar-refractivity contribution in [3.8, 4) is 5.75 Å². The summed E-state index contributed by atoms with van der Waals surface area (Å²) in [5.74, 6) is -0.693. The lowest BCUT2D eigenvalue weighted by molar-refractivity contribution is -0.385. The Morgan fingerprint density at radius 3 is 2.61 bits per heavy atom. The number of methoxy groups -OCH3 is 1. The first-order valence-electron chi connectivity index (χ1n) is 5.05. The van der Waals surface area contributed by atoms with Crippen molar-refractivity contribution in [3.63, 3.8) is 0 Å². The maximum atomic E-state index is 11.3. The molecule has 1 amide bonds. The second kappa shape index (κ2) is 5.76. The molecule has 0 saturated carbocycles. The summed E-state index contributed by atoms with van der Waals surface area (Å²) in [6.07, 6.45) is -0.264. The molecule has 0 aliphatic rings. The molecule has 1 aromatic carbocycles. The Morgan fingerprint density at radius 2 is 2.11 bits per heavy atom. The number of anilines is 1. The van der Waals surface area contributed by atoms with Crippen LogP contribution in [0, 0.1) is 10.1 Å². The zero-order valence-corrected chi connectivity index (χ0v) is 9.93. The average Bonchev–Trinajstić information content (AvgIpc) is 2.27. The number of nitro groups is 1. The van der Waals surface area contributed by atoms with E-state index in [4.69, 9.17) is 4.74 Å². The number of nitrogens with one attached hydrogen (secondary N) is 1. The highest BCUT2D eigenvalue weighted by molar-refractivity contribution is 6.03. The summed E-state index contributed by atoms with van der Waals surface area (Å²) >= 11 is 0. The number of rotatable bonds is 5. The molecular formula is C11H12N2O5. The van der Waals surface area contributed by atoms with Crippen LogP contribution in [0.2, 0.25) is 0 Å². The molecule has 0 radical (unpaired) electrons. The van der Waals surface area contributed by atoms with Gasteiger partial charge in [0.25, 0.3) is 0 Å². The van der Waals surface area contributed by atoms with E-state index in [1.807, 2.05) is 0 Å². The largest absolute Gasteiger partial charge is 0.490 e. The van der Waals surface area contributed by atoms with Crippen molar-refractivity contribution >= 4 is 23.1 Å². The van der Waals surface area contributed by atoms with Crippen molar-refractivity contribution in [2.75, 3.05) is 12.4 Å². The lowest BCUT2D eigenvalue weighted by Crippen LogP contribution is -2.14. The minimum atomic E-state index is -0.612. The Balaban J connectivity index is 2.91. The van der Waals surface area contributed by atoms with Crippen LogP contribution in [0.1, 0.15) is 13.3 Å². The molecule has 0 heterocycles. The lowest BCUT2D eigenvalue weighted by Gasteiger charge is -2.06. The van der Waals surface area contributed by atoms with Gasteiger partial charge in [-0.1, -0.05) is 0 Å². The highest BCUT2D eigenvalue weighted by Crippen LogP contribution is 2.29. The van der Waals surface area contributed by atoms with Crippen LogP contribution in [0.5, 0.6) is 5.75 Å². The van der Waals surface area contributed by atoms with Crippen LogP contribution in [0.15, 0.2) is 18.2 Å². The van der Waals surface area contributed by atoms with Crippen LogP contribution in [0.4, 0.5) is 11.4 Å². The number of ketones is 1. The van der Waals surface area contributed by atoms with Crippen molar-refractivity contribution in [1.29, 1.82) is 0 Å². The molecule has 0 unspecified atom stereocenters. The quantitative estimate of drug-likeness (QED) is 0.486. The molecule has 1 aromatic rings. The molecule has 0 aromatic heterocycles. The molecular weight excluding hydrogens is 240 g/mol. The number of benzene rings is 1. The second-order valence-electron chi connectivity index (χ2n) is 3.57. The van der Waals surface area contributed by atoms with Gasteiger partial charge >= 0.3 is 5.69 Å². The van der Waals surface area contributed by atoms with Gasteiger partial charge in [0.05, 0.1) is 18.5 Å². The van der Waals surface area contributed by atoms with Crippen molar-refractivity contribution in [2.45, 2.75) is 13.3 Å². The zero-order valence-electron chi connectivity index (χ0n) is 9.93. The van der Waals surface area contributed by atoms with Gasteiger partial charge in [-0.05, 0) is 19.1 Å². The van der Waals surface area contributed by atoms with E-state index in [1.165, 1.54) is 32.2 Å². The predicted octanol–water partition coefficient (Wildman–Crippen LogP) is 1.52. The molecule has 1 rings (SSSR count). The molecule has 0 saturated heterocycles. The van der Waals surface area contributed by atoms with Crippen LogP contribution in [0.25, 0.3) is 0 Å². The Labute approximate surface area is 103 Å². The topological polar surface area (TPSA) is 98.5 Å².